The first-order valence-electron chi connectivity index (χ1n) is 8.62. The van der Waals surface area contributed by atoms with Crippen LogP contribution in [0.4, 0.5) is 18.9 Å². The highest BCUT2D eigenvalue weighted by Crippen LogP contribution is 2.24. The van der Waals surface area contributed by atoms with Crippen molar-refractivity contribution in [3.8, 4) is 16.9 Å². The molecule has 8 nitrogen and oxygen atoms in total. The molecule has 0 unspecified atom stereocenters. The van der Waals surface area contributed by atoms with Gasteiger partial charge in [0.05, 0.1) is 6.42 Å². The van der Waals surface area contributed by atoms with E-state index in [2.05, 4.69) is 30.1 Å². The highest BCUT2D eigenvalue weighted by atomic mass is 19.4. The summed E-state index contributed by atoms with van der Waals surface area (Å²) in [5, 5.41) is 6.60. The number of fused-ring (bicyclic) bond motifs is 1. The molecular weight excluding hydrogens is 401 g/mol. The third-order valence-corrected chi connectivity index (χ3v) is 4.01. The highest BCUT2D eigenvalue weighted by Gasteiger charge is 2.30. The van der Waals surface area contributed by atoms with Crippen molar-refractivity contribution in [1.29, 1.82) is 0 Å². The van der Waals surface area contributed by atoms with Gasteiger partial charge in [0.1, 0.15) is 17.9 Å². The van der Waals surface area contributed by atoms with Crippen molar-refractivity contribution < 1.29 is 22.7 Å². The number of carbonyl (C=O) groups excluding carboxylic acids is 1. The second kappa shape index (κ2) is 7.78. The predicted octanol–water partition coefficient (Wildman–Crippen LogP) is 3.27. The lowest BCUT2D eigenvalue weighted by molar-refractivity contribution is -0.274. The van der Waals surface area contributed by atoms with Crippen molar-refractivity contribution in [3.63, 3.8) is 0 Å². The number of hydrogen-bond acceptors (Lipinski definition) is 6. The lowest BCUT2D eigenvalue weighted by Crippen LogP contribution is -2.17. The number of ether oxygens (including phenoxy) is 1. The van der Waals surface area contributed by atoms with Gasteiger partial charge in [-0.3, -0.25) is 4.79 Å². The Morgan fingerprint density at radius 2 is 1.77 bits per heavy atom. The van der Waals surface area contributed by atoms with E-state index in [4.69, 9.17) is 0 Å². The number of nitrogens with one attached hydrogen (secondary N) is 1. The average Bonchev–Trinajstić information content (AvgIpc) is 3.17. The molecule has 0 bridgehead atoms. The highest BCUT2D eigenvalue weighted by molar-refractivity contribution is 5.91. The molecule has 3 heterocycles. The van der Waals surface area contributed by atoms with E-state index in [0.717, 1.165) is 23.3 Å². The van der Waals surface area contributed by atoms with Crippen LogP contribution in [0, 0.1) is 0 Å². The standard InChI is InChI=1S/C19H13F3N6O2/c20-19(21,22)30-15-3-1-14(2-4-15)27-18(29)8-16-23-9-13(10-24-16)12-5-6-28-17(7-12)25-11-26-28/h1-7,9-11H,8H2,(H,27,29). The second-order valence-electron chi connectivity index (χ2n) is 6.16. The molecule has 0 radical (unpaired) electrons. The lowest BCUT2D eigenvalue weighted by atomic mass is 10.1. The summed E-state index contributed by atoms with van der Waals surface area (Å²) in [5.74, 6) is -0.474. The maximum Gasteiger partial charge on any atom is 0.573 e. The minimum atomic E-state index is -4.77. The zero-order chi connectivity index (χ0) is 21.1. The van der Waals surface area contributed by atoms with Crippen molar-refractivity contribution in [2.75, 3.05) is 5.32 Å². The number of carbonyl (C=O) groups is 1. The summed E-state index contributed by atoms with van der Waals surface area (Å²) in [6.07, 6.45) is 1.56. The molecule has 0 saturated heterocycles. The van der Waals surface area contributed by atoms with E-state index in [1.165, 1.54) is 18.5 Å². The summed E-state index contributed by atoms with van der Waals surface area (Å²) in [6, 6.07) is 8.53. The fourth-order valence-corrected chi connectivity index (χ4v) is 2.68. The molecule has 0 atom stereocenters. The summed E-state index contributed by atoms with van der Waals surface area (Å²) >= 11 is 0. The molecule has 0 aliphatic carbocycles. The molecule has 0 aliphatic heterocycles. The molecule has 0 fully saturated rings. The monoisotopic (exact) mass is 414 g/mol. The van der Waals surface area contributed by atoms with Gasteiger partial charge in [-0.2, -0.15) is 5.10 Å². The van der Waals surface area contributed by atoms with E-state index in [0.29, 0.717) is 17.2 Å². The maximum atomic E-state index is 12.2. The third kappa shape index (κ3) is 4.69. The van der Waals surface area contributed by atoms with Crippen LogP contribution in [0.5, 0.6) is 5.75 Å². The number of halogens is 3. The molecule has 30 heavy (non-hydrogen) atoms. The van der Waals surface area contributed by atoms with E-state index in [9.17, 15) is 18.0 Å². The van der Waals surface area contributed by atoms with Crippen LogP contribution in [0.2, 0.25) is 0 Å². The fourth-order valence-electron chi connectivity index (χ4n) is 2.68. The number of alkyl halides is 3. The van der Waals surface area contributed by atoms with Crippen LogP contribution in [-0.2, 0) is 11.2 Å². The van der Waals surface area contributed by atoms with E-state index in [1.807, 2.05) is 12.1 Å². The summed E-state index contributed by atoms with van der Waals surface area (Å²) < 4.78 is 41.9. The molecule has 3 aromatic heterocycles. The fraction of sp³-hybridized carbons (Fsp3) is 0.105. The normalized spacial score (nSPS) is 11.4. The Bertz CT molecular complexity index is 1170. The van der Waals surface area contributed by atoms with Gasteiger partial charge in [0.15, 0.2) is 5.65 Å². The van der Waals surface area contributed by atoms with Gasteiger partial charge in [-0.25, -0.2) is 19.5 Å². The predicted molar refractivity (Wildman–Crippen MR) is 99.5 cm³/mol. The van der Waals surface area contributed by atoms with Gasteiger partial charge in [-0.15, -0.1) is 13.2 Å². The molecule has 0 saturated carbocycles. The van der Waals surface area contributed by atoms with Crippen molar-refractivity contribution >= 4 is 17.2 Å². The second-order valence-corrected chi connectivity index (χ2v) is 6.16. The van der Waals surface area contributed by atoms with Crippen LogP contribution in [0.3, 0.4) is 0 Å². The molecule has 1 N–H and O–H groups in total. The molecule has 1 aromatic carbocycles. The van der Waals surface area contributed by atoms with Gasteiger partial charge >= 0.3 is 6.36 Å². The quantitative estimate of drug-likeness (QED) is 0.539. The van der Waals surface area contributed by atoms with Gasteiger partial charge in [-0.1, -0.05) is 0 Å². The number of benzene rings is 1. The smallest absolute Gasteiger partial charge is 0.406 e. The largest absolute Gasteiger partial charge is 0.573 e. The van der Waals surface area contributed by atoms with E-state index in [1.54, 1.807) is 23.1 Å². The molecule has 4 aromatic rings. The lowest BCUT2D eigenvalue weighted by Gasteiger charge is -2.10. The first kappa shape index (κ1) is 19.3. The Morgan fingerprint density at radius 3 is 2.47 bits per heavy atom. The summed E-state index contributed by atoms with van der Waals surface area (Å²) in [4.78, 5) is 24.7. The number of anilines is 1. The number of nitrogens with zero attached hydrogens (tertiary/aromatic N) is 5. The summed E-state index contributed by atoms with van der Waals surface area (Å²) in [5.41, 5.74) is 2.62. The maximum absolute atomic E-state index is 12.2. The van der Waals surface area contributed by atoms with Crippen LogP contribution in [0.25, 0.3) is 16.8 Å². The van der Waals surface area contributed by atoms with Crippen LogP contribution < -0.4 is 10.1 Å². The van der Waals surface area contributed by atoms with Crippen molar-refractivity contribution in [2.45, 2.75) is 12.8 Å². The topological polar surface area (TPSA) is 94.3 Å². The molecular formula is C19H13F3N6O2. The number of pyridine rings is 1. The Balaban J connectivity index is 1.37. The van der Waals surface area contributed by atoms with Crippen molar-refractivity contribution in [3.05, 3.63) is 67.1 Å². The van der Waals surface area contributed by atoms with Crippen LogP contribution in [0.15, 0.2) is 61.3 Å². The van der Waals surface area contributed by atoms with Gasteiger partial charge in [0.25, 0.3) is 0 Å². The van der Waals surface area contributed by atoms with E-state index in [-0.39, 0.29) is 12.2 Å². The van der Waals surface area contributed by atoms with Gasteiger partial charge in [0, 0.05) is 29.8 Å². The summed E-state index contributed by atoms with van der Waals surface area (Å²) in [6.45, 7) is 0. The molecule has 11 heteroatoms. The Hall–Kier alpha value is -4.02. The van der Waals surface area contributed by atoms with Gasteiger partial charge < -0.3 is 10.1 Å². The third-order valence-electron chi connectivity index (χ3n) is 4.01. The Labute approximate surface area is 167 Å². The molecule has 1 amide bonds. The number of aromatic nitrogens is 5. The summed E-state index contributed by atoms with van der Waals surface area (Å²) in [7, 11) is 0. The van der Waals surface area contributed by atoms with E-state index >= 15 is 0 Å². The Kier molecular flexibility index (Phi) is 5.00. The Morgan fingerprint density at radius 1 is 1.03 bits per heavy atom. The zero-order valence-corrected chi connectivity index (χ0v) is 15.2. The number of rotatable bonds is 5. The molecule has 4 rings (SSSR count). The zero-order valence-electron chi connectivity index (χ0n) is 15.2. The number of amides is 1. The van der Waals surface area contributed by atoms with Crippen LogP contribution in [0.1, 0.15) is 5.82 Å². The minimum absolute atomic E-state index is 0.0930. The van der Waals surface area contributed by atoms with Crippen molar-refractivity contribution in [1.82, 2.24) is 24.6 Å². The van der Waals surface area contributed by atoms with Gasteiger partial charge in [0.2, 0.25) is 5.91 Å². The molecule has 152 valence electrons. The number of hydrogen-bond donors (Lipinski definition) is 1. The SMILES string of the molecule is O=C(Cc1ncc(-c2ccn3ncnc3c2)cn1)Nc1ccc(OC(F)(F)F)cc1. The first-order valence-corrected chi connectivity index (χ1v) is 8.62. The van der Waals surface area contributed by atoms with E-state index < -0.39 is 12.3 Å². The minimum Gasteiger partial charge on any atom is -0.406 e. The molecule has 0 aliphatic rings. The molecule has 0 spiro atoms. The van der Waals surface area contributed by atoms with Crippen LogP contribution in [-0.4, -0.2) is 36.8 Å². The van der Waals surface area contributed by atoms with Gasteiger partial charge in [-0.05, 0) is 42.0 Å². The first-order chi connectivity index (χ1) is 14.4. The average molecular weight is 414 g/mol. The van der Waals surface area contributed by atoms with Crippen LogP contribution >= 0.6 is 0 Å². The van der Waals surface area contributed by atoms with Crippen molar-refractivity contribution in [2.24, 2.45) is 0 Å².